The van der Waals surface area contributed by atoms with Crippen LogP contribution in [0.5, 0.6) is 0 Å². The zero-order chi connectivity index (χ0) is 16.9. The molecule has 25 heavy (non-hydrogen) atoms. The molecule has 1 aromatic carbocycles. The van der Waals surface area contributed by atoms with Gasteiger partial charge in [-0.2, -0.15) is 0 Å². The maximum Gasteiger partial charge on any atom is 0.265 e. The molecule has 0 bridgehead atoms. The Labute approximate surface area is 163 Å². The molecule has 0 saturated heterocycles. The number of carbonyl (C=O) groups is 1. The van der Waals surface area contributed by atoms with E-state index >= 15 is 0 Å². The molecule has 1 rings (SSSR count). The summed E-state index contributed by atoms with van der Waals surface area (Å²) in [5.41, 5.74) is 1.34. The van der Waals surface area contributed by atoms with Gasteiger partial charge in [0.25, 0.3) is 5.91 Å². The Morgan fingerprint density at radius 3 is 2.32 bits per heavy atom. The Hall–Kier alpha value is -1.34. The summed E-state index contributed by atoms with van der Waals surface area (Å²) in [6.07, 6.45) is 2.86. The van der Waals surface area contributed by atoms with Gasteiger partial charge in [0.15, 0.2) is 0 Å². The molecule has 0 unspecified atom stereocenters. The van der Waals surface area contributed by atoms with Crippen molar-refractivity contribution in [3.63, 3.8) is 0 Å². The predicted octanol–water partition coefficient (Wildman–Crippen LogP) is 2.25. The maximum absolute atomic E-state index is 11.0. The summed E-state index contributed by atoms with van der Waals surface area (Å²) < 4.78 is 0. The highest BCUT2D eigenvalue weighted by molar-refractivity contribution is 6.25. The molecule has 0 atom stereocenters. The summed E-state index contributed by atoms with van der Waals surface area (Å²) in [5.74, 6) is -0.363. The van der Waals surface area contributed by atoms with Gasteiger partial charge in [-0.15, -0.1) is 24.8 Å². The maximum atomic E-state index is 11.0. The molecule has 6 nitrogen and oxygen atoms in total. The summed E-state index contributed by atoms with van der Waals surface area (Å²) in [4.78, 5) is 15.6. The van der Waals surface area contributed by atoms with Gasteiger partial charge in [-0.05, 0) is 52.1 Å². The van der Waals surface area contributed by atoms with Gasteiger partial charge in [-0.25, -0.2) is 0 Å². The normalized spacial score (nSPS) is 10.6. The second-order valence-electron chi connectivity index (χ2n) is 5.77. The molecular formula is C17H30Cl2N4O2. The Balaban J connectivity index is 0. The van der Waals surface area contributed by atoms with Crippen LogP contribution in [0.25, 0.3) is 0 Å². The summed E-state index contributed by atoms with van der Waals surface area (Å²) in [5, 5.41) is 13.6. The van der Waals surface area contributed by atoms with Crippen molar-refractivity contribution in [2.75, 3.05) is 40.3 Å². The lowest BCUT2D eigenvalue weighted by molar-refractivity contribution is -0.114. The van der Waals surface area contributed by atoms with Crippen molar-refractivity contribution in [3.05, 3.63) is 35.9 Å². The van der Waals surface area contributed by atoms with E-state index in [0.717, 1.165) is 45.2 Å². The second kappa shape index (κ2) is 16.1. The first-order valence-electron chi connectivity index (χ1n) is 7.98. The largest absolute Gasteiger partial charge is 0.411 e. The summed E-state index contributed by atoms with van der Waals surface area (Å²) in [7, 11) is 4.24. The fourth-order valence-corrected chi connectivity index (χ4v) is 2.36. The fraction of sp³-hybridized carbons (Fsp3) is 0.529. The van der Waals surface area contributed by atoms with Gasteiger partial charge in [-0.3, -0.25) is 4.79 Å². The minimum Gasteiger partial charge on any atom is -0.411 e. The first-order valence-corrected chi connectivity index (χ1v) is 7.98. The van der Waals surface area contributed by atoms with Gasteiger partial charge in [-0.1, -0.05) is 35.5 Å². The van der Waals surface area contributed by atoms with Crippen molar-refractivity contribution in [2.24, 2.45) is 5.16 Å². The van der Waals surface area contributed by atoms with Crippen LogP contribution in [0.15, 0.2) is 35.5 Å². The van der Waals surface area contributed by atoms with E-state index in [-0.39, 0.29) is 30.7 Å². The van der Waals surface area contributed by atoms with Crippen LogP contribution in [-0.2, 0) is 11.3 Å². The van der Waals surface area contributed by atoms with Gasteiger partial charge in [0, 0.05) is 13.1 Å². The van der Waals surface area contributed by atoms with Crippen LogP contribution in [0.4, 0.5) is 0 Å². The van der Waals surface area contributed by atoms with Gasteiger partial charge < -0.3 is 20.3 Å². The third-order valence-electron chi connectivity index (χ3n) is 3.57. The lowest BCUT2D eigenvalue weighted by Crippen LogP contribution is -2.30. The Morgan fingerprint density at radius 2 is 1.68 bits per heavy atom. The van der Waals surface area contributed by atoms with Gasteiger partial charge in [0.05, 0.1) is 0 Å². The molecule has 0 aliphatic rings. The number of nitrogens with zero attached hydrogens (tertiary/aromatic N) is 3. The van der Waals surface area contributed by atoms with E-state index in [4.69, 9.17) is 5.21 Å². The molecule has 1 aromatic rings. The van der Waals surface area contributed by atoms with Crippen LogP contribution >= 0.6 is 24.8 Å². The molecular weight excluding hydrogens is 363 g/mol. The number of hydrogen-bond donors (Lipinski definition) is 2. The van der Waals surface area contributed by atoms with Crippen molar-refractivity contribution < 1.29 is 10.0 Å². The number of oxime groups is 1. The van der Waals surface area contributed by atoms with Gasteiger partial charge in [0.1, 0.15) is 6.21 Å². The van der Waals surface area contributed by atoms with Gasteiger partial charge in [0.2, 0.25) is 0 Å². The monoisotopic (exact) mass is 392 g/mol. The number of hydrogen-bond acceptors (Lipinski definition) is 5. The molecule has 0 aliphatic carbocycles. The number of amides is 1. The zero-order valence-corrected chi connectivity index (χ0v) is 16.6. The average molecular weight is 393 g/mol. The Bertz CT molecular complexity index is 475. The van der Waals surface area contributed by atoms with Crippen molar-refractivity contribution >= 4 is 36.9 Å². The van der Waals surface area contributed by atoms with Crippen LogP contribution in [0.3, 0.4) is 0 Å². The molecule has 0 aromatic heterocycles. The average Bonchev–Trinajstić information content (AvgIpc) is 2.53. The smallest absolute Gasteiger partial charge is 0.265 e. The van der Waals surface area contributed by atoms with E-state index in [1.807, 2.05) is 6.07 Å². The van der Waals surface area contributed by atoms with Crippen LogP contribution in [-0.4, -0.2) is 67.4 Å². The zero-order valence-electron chi connectivity index (χ0n) is 14.9. The SMILES string of the molecule is CN(CCCNC(=O)C=NO)CCCN(C)Cc1ccccc1.Cl.Cl. The highest BCUT2D eigenvalue weighted by Crippen LogP contribution is 2.03. The fourth-order valence-electron chi connectivity index (χ4n) is 2.36. The molecule has 8 heteroatoms. The molecule has 0 fully saturated rings. The third kappa shape index (κ3) is 13.6. The second-order valence-corrected chi connectivity index (χ2v) is 5.77. The number of halogens is 2. The number of rotatable bonds is 11. The van der Waals surface area contributed by atoms with Crippen molar-refractivity contribution in [1.29, 1.82) is 0 Å². The molecule has 144 valence electrons. The molecule has 0 radical (unpaired) electrons. The summed E-state index contributed by atoms with van der Waals surface area (Å²) >= 11 is 0. The van der Waals surface area contributed by atoms with E-state index in [1.54, 1.807) is 0 Å². The summed E-state index contributed by atoms with van der Waals surface area (Å²) in [6, 6.07) is 10.5. The molecule has 0 heterocycles. The number of nitrogens with one attached hydrogen (secondary N) is 1. The minimum absolute atomic E-state index is 0. The quantitative estimate of drug-likeness (QED) is 0.262. The lowest BCUT2D eigenvalue weighted by Gasteiger charge is -2.20. The lowest BCUT2D eigenvalue weighted by atomic mass is 10.2. The Morgan fingerprint density at radius 1 is 1.08 bits per heavy atom. The van der Waals surface area contributed by atoms with Crippen LogP contribution in [0, 0.1) is 0 Å². The highest BCUT2D eigenvalue weighted by Gasteiger charge is 2.03. The van der Waals surface area contributed by atoms with Crippen molar-refractivity contribution in [3.8, 4) is 0 Å². The minimum atomic E-state index is -0.363. The van der Waals surface area contributed by atoms with Crippen molar-refractivity contribution in [1.82, 2.24) is 15.1 Å². The standard InChI is InChI=1S/C17H28N4O2.2ClH/c1-20(11-6-10-18-17(22)14-19-23)12-7-13-21(2)15-16-8-4-3-5-9-16;;/h3-5,8-9,14,23H,6-7,10-13,15H2,1-2H3,(H,18,22);2*1H. The van der Waals surface area contributed by atoms with Crippen LogP contribution in [0.2, 0.25) is 0 Å². The van der Waals surface area contributed by atoms with Crippen LogP contribution in [0.1, 0.15) is 18.4 Å². The topological polar surface area (TPSA) is 68.2 Å². The molecule has 0 spiro atoms. The Kier molecular flexibility index (Phi) is 16.7. The van der Waals surface area contributed by atoms with Gasteiger partial charge >= 0.3 is 0 Å². The summed E-state index contributed by atoms with van der Waals surface area (Å²) in [6.45, 7) is 4.58. The van der Waals surface area contributed by atoms with Crippen LogP contribution < -0.4 is 5.32 Å². The third-order valence-corrected chi connectivity index (χ3v) is 3.57. The molecule has 1 amide bonds. The first-order chi connectivity index (χ1) is 11.1. The predicted molar refractivity (Wildman–Crippen MR) is 107 cm³/mol. The molecule has 0 saturated carbocycles. The highest BCUT2D eigenvalue weighted by atomic mass is 35.5. The van der Waals surface area contributed by atoms with E-state index in [9.17, 15) is 4.79 Å². The molecule has 2 N–H and O–H groups in total. The number of benzene rings is 1. The number of carbonyl (C=O) groups excluding carboxylic acids is 1. The molecule has 0 aliphatic heterocycles. The van der Waals surface area contributed by atoms with Crippen molar-refractivity contribution in [2.45, 2.75) is 19.4 Å². The van der Waals surface area contributed by atoms with E-state index in [0.29, 0.717) is 6.54 Å². The van der Waals surface area contributed by atoms with E-state index in [2.05, 4.69) is 58.6 Å². The van der Waals surface area contributed by atoms with E-state index in [1.165, 1.54) is 5.56 Å². The first kappa shape index (κ1) is 25.9. The van der Waals surface area contributed by atoms with E-state index < -0.39 is 0 Å².